The Morgan fingerprint density at radius 3 is 2.82 bits per heavy atom. The molecule has 98 valence electrons. The van der Waals surface area contributed by atoms with E-state index in [9.17, 15) is 4.79 Å². The van der Waals surface area contributed by atoms with Crippen LogP contribution in [0.4, 0.5) is 0 Å². The van der Waals surface area contributed by atoms with Gasteiger partial charge in [0.25, 0.3) is 0 Å². The van der Waals surface area contributed by atoms with Crippen molar-refractivity contribution in [3.63, 3.8) is 0 Å². The van der Waals surface area contributed by atoms with Crippen molar-refractivity contribution in [1.29, 1.82) is 0 Å². The lowest BCUT2D eigenvalue weighted by molar-refractivity contribution is -0.145. The number of nitrogens with zero attached hydrogens (tertiary/aromatic N) is 2. The van der Waals surface area contributed by atoms with E-state index in [4.69, 9.17) is 47.8 Å². The van der Waals surface area contributed by atoms with Crippen molar-refractivity contribution in [2.75, 3.05) is 27.1 Å². The van der Waals surface area contributed by atoms with Crippen LogP contribution >= 0.6 is 34.8 Å². The quantitative estimate of drug-likeness (QED) is 0.573. The predicted octanol–water partition coefficient (Wildman–Crippen LogP) is 1.64. The second kappa shape index (κ2) is 4.42. The van der Waals surface area contributed by atoms with Crippen molar-refractivity contribution in [2.45, 2.75) is 28.3 Å². The minimum atomic E-state index is -3.05. The summed E-state index contributed by atoms with van der Waals surface area (Å²) in [7, 11) is 3.06. The molecule has 0 unspecified atom stereocenters. The number of hydrogen-bond donors (Lipinski definition) is 0. The molecule has 0 saturated carbocycles. The molecule has 4 nitrogen and oxygen atoms in total. The van der Waals surface area contributed by atoms with E-state index in [1.165, 1.54) is 19.0 Å². The van der Waals surface area contributed by atoms with Gasteiger partial charge in [-0.2, -0.15) is 0 Å². The number of halogens is 3. The van der Waals surface area contributed by atoms with Gasteiger partial charge in [-0.05, 0) is 26.8 Å². The summed E-state index contributed by atoms with van der Waals surface area (Å²) >= 11 is 17.3. The second-order valence-electron chi connectivity index (χ2n) is 4.13. The highest BCUT2D eigenvalue weighted by Gasteiger charge is 2.62. The molecule has 17 heavy (non-hydrogen) atoms. The van der Waals surface area contributed by atoms with E-state index in [1.807, 2.05) is 0 Å². The Kier molecular flexibility index (Phi) is 2.02. The van der Waals surface area contributed by atoms with Gasteiger partial charge in [-0.3, -0.25) is 0 Å². The zero-order chi connectivity index (χ0) is 18.2. The maximum Gasteiger partial charge on any atom is 0.329 e. The first-order valence-electron chi connectivity index (χ1n) is 7.77. The summed E-state index contributed by atoms with van der Waals surface area (Å²) in [6, 6.07) is 0. The van der Waals surface area contributed by atoms with Crippen LogP contribution in [0.15, 0.2) is 0 Å². The molecule has 0 N–H and O–H groups in total. The van der Waals surface area contributed by atoms with Gasteiger partial charge in [-0.15, -0.1) is 0 Å². The minimum Gasteiger partial charge on any atom is -0.440 e. The molecule has 0 radical (unpaired) electrons. The maximum absolute atomic E-state index is 12.5. The SMILES string of the molecule is [2H]C1([2H])N2[C@@H](C(Cl)(Cl)Cl)OC(=O)[C@]2(CN(C)C)C([2H])([2H])C1([2H])[2H]. The third-order valence-electron chi connectivity index (χ3n) is 2.47. The van der Waals surface area contributed by atoms with E-state index in [1.54, 1.807) is 0 Å². The smallest absolute Gasteiger partial charge is 0.329 e. The average Bonchev–Trinajstić information content (AvgIpc) is 2.66. The number of hydrogen-bond acceptors (Lipinski definition) is 4. The van der Waals surface area contributed by atoms with Gasteiger partial charge in [0.1, 0.15) is 5.54 Å². The van der Waals surface area contributed by atoms with Gasteiger partial charge in [-0.25, -0.2) is 9.69 Å². The summed E-state index contributed by atoms with van der Waals surface area (Å²) in [5.41, 5.74) is -2.29. The topological polar surface area (TPSA) is 32.8 Å². The van der Waals surface area contributed by atoms with Crippen LogP contribution in [0.1, 0.15) is 21.0 Å². The van der Waals surface area contributed by atoms with Crippen LogP contribution < -0.4 is 0 Å². The Bertz CT molecular complexity index is 541. The number of ether oxygens (including phenoxy) is 1. The van der Waals surface area contributed by atoms with Gasteiger partial charge >= 0.3 is 5.97 Å². The van der Waals surface area contributed by atoms with Crippen molar-refractivity contribution in [3.05, 3.63) is 0 Å². The van der Waals surface area contributed by atoms with Crippen molar-refractivity contribution >= 4 is 40.8 Å². The molecule has 0 bridgehead atoms. The van der Waals surface area contributed by atoms with Crippen LogP contribution in [-0.4, -0.2) is 58.5 Å². The molecule has 0 spiro atoms. The molecule has 0 aromatic heterocycles. The van der Waals surface area contributed by atoms with Crippen molar-refractivity contribution in [3.8, 4) is 0 Å². The number of esters is 1. The van der Waals surface area contributed by atoms with Crippen LogP contribution in [0.25, 0.3) is 0 Å². The van der Waals surface area contributed by atoms with Crippen LogP contribution in [0.2, 0.25) is 0 Å². The van der Waals surface area contributed by atoms with E-state index in [0.29, 0.717) is 4.90 Å². The molecule has 2 fully saturated rings. The fourth-order valence-corrected chi connectivity index (χ4v) is 2.28. The zero-order valence-corrected chi connectivity index (χ0v) is 11.4. The third kappa shape index (κ3) is 2.26. The Morgan fingerprint density at radius 1 is 1.65 bits per heavy atom. The Morgan fingerprint density at radius 2 is 2.29 bits per heavy atom. The van der Waals surface area contributed by atoms with Gasteiger partial charge in [0, 0.05) is 21.3 Å². The third-order valence-corrected chi connectivity index (χ3v) is 3.03. The largest absolute Gasteiger partial charge is 0.440 e. The fourth-order valence-electron chi connectivity index (χ4n) is 1.86. The van der Waals surface area contributed by atoms with Crippen molar-refractivity contribution in [2.24, 2.45) is 0 Å². The second-order valence-corrected chi connectivity index (χ2v) is 6.50. The van der Waals surface area contributed by atoms with E-state index >= 15 is 0 Å². The highest BCUT2D eigenvalue weighted by atomic mass is 35.6. The number of carbonyl (C=O) groups excluding carboxylic acids is 1. The highest BCUT2D eigenvalue weighted by Crippen LogP contribution is 2.46. The number of alkyl halides is 3. The summed E-state index contributed by atoms with van der Waals surface area (Å²) in [6.45, 7) is -3.30. The standard InChI is InChI=1S/C10H15Cl3N2O2/c1-14(2)6-9-4-3-5-15(9)7(10(11,12)13)17-8(9)16/h7H,3-6H2,1-2H3/t7-,9-/m1/s1/i3D2,4D2,5D2. The highest BCUT2D eigenvalue weighted by molar-refractivity contribution is 6.68. The van der Waals surface area contributed by atoms with Crippen LogP contribution in [0, 0.1) is 0 Å². The monoisotopic (exact) mass is 306 g/mol. The normalized spacial score (nSPS) is 48.4. The Balaban J connectivity index is 2.78. The molecule has 2 aliphatic heterocycles. The predicted molar refractivity (Wildman–Crippen MR) is 67.4 cm³/mol. The van der Waals surface area contributed by atoms with E-state index in [2.05, 4.69) is 0 Å². The van der Waals surface area contributed by atoms with Gasteiger partial charge in [0.2, 0.25) is 10.0 Å². The molecule has 2 rings (SSSR count). The Hall–Kier alpha value is 0.260. The van der Waals surface area contributed by atoms with E-state index in [-0.39, 0.29) is 6.54 Å². The molecule has 7 heteroatoms. The first-order valence-corrected chi connectivity index (χ1v) is 5.90. The summed E-state index contributed by atoms with van der Waals surface area (Å²) in [5, 5.41) is 0. The lowest BCUT2D eigenvalue weighted by atomic mass is 9.96. The van der Waals surface area contributed by atoms with Gasteiger partial charge in [0.15, 0.2) is 0 Å². The minimum absolute atomic E-state index is 0.352. The molecule has 2 saturated heterocycles. The van der Waals surface area contributed by atoms with E-state index in [0.717, 1.165) is 0 Å². The summed E-state index contributed by atoms with van der Waals surface area (Å²) in [5.74, 6) is -1.17. The molecule has 0 amide bonds. The molecule has 2 aliphatic rings. The molecular formula is C10H15Cl3N2O2. The van der Waals surface area contributed by atoms with Crippen molar-refractivity contribution < 1.29 is 17.8 Å². The first-order chi connectivity index (χ1) is 10.0. The summed E-state index contributed by atoms with van der Waals surface area (Å²) < 4.78 is 51.2. The molecule has 0 aromatic carbocycles. The number of fused-ring (bicyclic) bond motifs is 1. The van der Waals surface area contributed by atoms with Gasteiger partial charge < -0.3 is 9.64 Å². The van der Waals surface area contributed by atoms with Crippen LogP contribution in [0.5, 0.6) is 0 Å². The molecule has 0 aliphatic carbocycles. The van der Waals surface area contributed by atoms with Crippen LogP contribution in [0.3, 0.4) is 0 Å². The maximum atomic E-state index is 12.5. The zero-order valence-electron chi connectivity index (χ0n) is 15.1. The molecule has 2 heterocycles. The summed E-state index contributed by atoms with van der Waals surface area (Å²) in [6.07, 6.45) is -7.75. The van der Waals surface area contributed by atoms with Crippen molar-refractivity contribution in [1.82, 2.24) is 9.80 Å². The fraction of sp³-hybridized carbons (Fsp3) is 0.900. The molecular weight excluding hydrogens is 286 g/mol. The number of carbonyl (C=O) groups is 1. The number of likely N-dealkylation sites (N-methyl/N-ethyl adjacent to an activating group) is 1. The lowest BCUT2D eigenvalue weighted by Crippen LogP contribution is -2.54. The Labute approximate surface area is 124 Å². The van der Waals surface area contributed by atoms with Crippen LogP contribution in [-0.2, 0) is 9.53 Å². The summed E-state index contributed by atoms with van der Waals surface area (Å²) in [4.78, 5) is 14.5. The van der Waals surface area contributed by atoms with Gasteiger partial charge in [-0.1, -0.05) is 34.8 Å². The number of cyclic esters (lactones) is 1. The first kappa shape index (κ1) is 7.75. The number of rotatable bonds is 2. The average molecular weight is 308 g/mol. The molecule has 0 aromatic rings. The van der Waals surface area contributed by atoms with E-state index < -0.39 is 40.8 Å². The van der Waals surface area contributed by atoms with Gasteiger partial charge in [0.05, 0.1) is 0 Å². The lowest BCUT2D eigenvalue weighted by Gasteiger charge is -2.33. The molecule has 2 atom stereocenters.